The molecule has 2 aromatic rings. The van der Waals surface area contributed by atoms with Crippen molar-refractivity contribution in [1.29, 1.82) is 0 Å². The van der Waals surface area contributed by atoms with E-state index in [0.717, 1.165) is 0 Å². The van der Waals surface area contributed by atoms with Crippen LogP contribution in [0.2, 0.25) is 0 Å². The van der Waals surface area contributed by atoms with Crippen LogP contribution in [0.1, 0.15) is 50.7 Å². The fraction of sp³-hybridized carbons (Fsp3) is 0.333. The SMILES string of the molecule is CC(C)c1ccccc1.CC(C)c1ccccc1.[Na]. The van der Waals surface area contributed by atoms with Crippen LogP contribution in [0, 0.1) is 0 Å². The Labute approximate surface area is 140 Å². The van der Waals surface area contributed by atoms with E-state index in [1.165, 1.54) is 11.1 Å². The number of benzene rings is 2. The van der Waals surface area contributed by atoms with E-state index in [0.29, 0.717) is 11.8 Å². The molecule has 0 aliphatic rings. The maximum absolute atomic E-state index is 2.20. The Hall–Kier alpha value is -0.560. The van der Waals surface area contributed by atoms with Crippen molar-refractivity contribution in [2.24, 2.45) is 0 Å². The van der Waals surface area contributed by atoms with Gasteiger partial charge in [-0.3, -0.25) is 0 Å². The normalized spacial score (nSPS) is 9.58. The number of hydrogen-bond acceptors (Lipinski definition) is 0. The van der Waals surface area contributed by atoms with E-state index in [2.05, 4.69) is 76.2 Å². The molecule has 1 radical (unpaired) electrons. The molecule has 97 valence electrons. The molecular formula is C18H24Na. The summed E-state index contributed by atoms with van der Waals surface area (Å²) >= 11 is 0. The van der Waals surface area contributed by atoms with Crippen LogP contribution in [0.25, 0.3) is 0 Å². The fourth-order valence-corrected chi connectivity index (χ4v) is 1.68. The van der Waals surface area contributed by atoms with Crippen molar-refractivity contribution >= 4 is 29.6 Å². The third-order valence-corrected chi connectivity index (χ3v) is 2.93. The molecule has 0 atom stereocenters. The van der Waals surface area contributed by atoms with E-state index in [1.54, 1.807) is 0 Å². The van der Waals surface area contributed by atoms with Crippen LogP contribution in [-0.2, 0) is 0 Å². The first kappa shape index (κ1) is 18.4. The molecule has 2 aromatic carbocycles. The van der Waals surface area contributed by atoms with Crippen molar-refractivity contribution in [3.63, 3.8) is 0 Å². The van der Waals surface area contributed by atoms with E-state index in [9.17, 15) is 0 Å². The maximum atomic E-state index is 2.20. The second kappa shape index (κ2) is 10.3. The van der Waals surface area contributed by atoms with E-state index in [1.807, 2.05) is 12.1 Å². The zero-order valence-corrected chi connectivity index (χ0v) is 14.9. The molecule has 0 spiro atoms. The topological polar surface area (TPSA) is 0 Å². The first-order valence-corrected chi connectivity index (χ1v) is 6.71. The van der Waals surface area contributed by atoms with Gasteiger partial charge in [0.05, 0.1) is 0 Å². The Morgan fingerprint density at radius 3 is 0.947 bits per heavy atom. The van der Waals surface area contributed by atoms with Crippen LogP contribution >= 0.6 is 0 Å². The van der Waals surface area contributed by atoms with Gasteiger partial charge in [-0.1, -0.05) is 88.4 Å². The van der Waals surface area contributed by atoms with Gasteiger partial charge in [0.15, 0.2) is 0 Å². The average Bonchev–Trinajstić information content (AvgIpc) is 2.41. The first-order chi connectivity index (χ1) is 8.61. The Bertz CT molecular complexity index is 374. The van der Waals surface area contributed by atoms with E-state index in [-0.39, 0.29) is 29.6 Å². The van der Waals surface area contributed by atoms with Gasteiger partial charge in [-0.05, 0) is 23.0 Å². The molecule has 0 fully saturated rings. The second-order valence-corrected chi connectivity index (χ2v) is 5.13. The molecular weight excluding hydrogens is 239 g/mol. The third-order valence-electron chi connectivity index (χ3n) is 2.93. The van der Waals surface area contributed by atoms with Crippen LogP contribution in [0.5, 0.6) is 0 Å². The summed E-state index contributed by atoms with van der Waals surface area (Å²) in [4.78, 5) is 0. The Balaban J connectivity index is 0.000000324. The largest absolute Gasteiger partial charge is 0.0622 e. The summed E-state index contributed by atoms with van der Waals surface area (Å²) in [6.07, 6.45) is 0. The summed E-state index contributed by atoms with van der Waals surface area (Å²) < 4.78 is 0. The monoisotopic (exact) mass is 263 g/mol. The van der Waals surface area contributed by atoms with Crippen LogP contribution in [0.3, 0.4) is 0 Å². The summed E-state index contributed by atoms with van der Waals surface area (Å²) in [7, 11) is 0. The summed E-state index contributed by atoms with van der Waals surface area (Å²) in [5, 5.41) is 0. The number of rotatable bonds is 2. The molecule has 0 aromatic heterocycles. The summed E-state index contributed by atoms with van der Waals surface area (Å²) in [5.41, 5.74) is 2.83. The Morgan fingerprint density at radius 2 is 0.789 bits per heavy atom. The van der Waals surface area contributed by atoms with Gasteiger partial charge in [-0.2, -0.15) is 0 Å². The van der Waals surface area contributed by atoms with Crippen molar-refractivity contribution < 1.29 is 0 Å². The van der Waals surface area contributed by atoms with Gasteiger partial charge in [-0.15, -0.1) is 0 Å². The maximum Gasteiger partial charge on any atom is 0 e. The predicted molar refractivity (Wildman–Crippen MR) is 86.8 cm³/mol. The minimum Gasteiger partial charge on any atom is -0.0622 e. The fourth-order valence-electron chi connectivity index (χ4n) is 1.68. The first-order valence-electron chi connectivity index (χ1n) is 6.71. The molecule has 0 saturated heterocycles. The van der Waals surface area contributed by atoms with Crippen molar-refractivity contribution in [3.05, 3.63) is 71.8 Å². The molecule has 0 aliphatic carbocycles. The van der Waals surface area contributed by atoms with E-state index >= 15 is 0 Å². The van der Waals surface area contributed by atoms with Crippen molar-refractivity contribution in [3.8, 4) is 0 Å². The van der Waals surface area contributed by atoms with Crippen molar-refractivity contribution in [1.82, 2.24) is 0 Å². The zero-order chi connectivity index (χ0) is 13.4. The van der Waals surface area contributed by atoms with Crippen LogP contribution in [-0.4, -0.2) is 29.6 Å². The summed E-state index contributed by atoms with van der Waals surface area (Å²) in [6.45, 7) is 8.81. The molecule has 0 unspecified atom stereocenters. The van der Waals surface area contributed by atoms with Crippen molar-refractivity contribution in [2.75, 3.05) is 0 Å². The minimum atomic E-state index is 0. The predicted octanol–water partition coefficient (Wildman–Crippen LogP) is 5.24. The standard InChI is InChI=1S/2C9H12.Na/c2*1-8(2)9-6-4-3-5-7-9;/h2*3-8H,1-2H3;. The van der Waals surface area contributed by atoms with Crippen LogP contribution < -0.4 is 0 Å². The quantitative estimate of drug-likeness (QED) is 0.650. The zero-order valence-electron chi connectivity index (χ0n) is 12.9. The van der Waals surface area contributed by atoms with Gasteiger partial charge < -0.3 is 0 Å². The Kier molecular flexibility index (Phi) is 9.95. The number of hydrogen-bond donors (Lipinski definition) is 0. The molecule has 0 amide bonds. The van der Waals surface area contributed by atoms with Crippen LogP contribution in [0.15, 0.2) is 60.7 Å². The van der Waals surface area contributed by atoms with Gasteiger partial charge in [0, 0.05) is 29.6 Å². The van der Waals surface area contributed by atoms with Crippen molar-refractivity contribution in [2.45, 2.75) is 39.5 Å². The molecule has 19 heavy (non-hydrogen) atoms. The van der Waals surface area contributed by atoms with E-state index < -0.39 is 0 Å². The molecule has 0 aliphatic heterocycles. The van der Waals surface area contributed by atoms with Gasteiger partial charge in [0.25, 0.3) is 0 Å². The smallest absolute Gasteiger partial charge is 0 e. The molecule has 0 heterocycles. The molecule has 0 nitrogen and oxygen atoms in total. The van der Waals surface area contributed by atoms with Gasteiger partial charge in [0.2, 0.25) is 0 Å². The van der Waals surface area contributed by atoms with Gasteiger partial charge in [0.1, 0.15) is 0 Å². The molecule has 0 bridgehead atoms. The summed E-state index contributed by atoms with van der Waals surface area (Å²) in [6, 6.07) is 21.0. The average molecular weight is 263 g/mol. The molecule has 0 N–H and O–H groups in total. The van der Waals surface area contributed by atoms with Crippen LogP contribution in [0.4, 0.5) is 0 Å². The molecule has 2 rings (SSSR count). The molecule has 1 heteroatoms. The third kappa shape index (κ3) is 7.57. The molecule has 0 saturated carbocycles. The van der Waals surface area contributed by atoms with Gasteiger partial charge in [-0.25, -0.2) is 0 Å². The van der Waals surface area contributed by atoms with Gasteiger partial charge >= 0.3 is 0 Å². The van der Waals surface area contributed by atoms with E-state index in [4.69, 9.17) is 0 Å². The Morgan fingerprint density at radius 1 is 0.526 bits per heavy atom. The minimum absolute atomic E-state index is 0. The summed E-state index contributed by atoms with van der Waals surface area (Å²) in [5.74, 6) is 1.32. The second-order valence-electron chi connectivity index (χ2n) is 5.13.